The number of benzene rings is 2. The zero-order valence-electron chi connectivity index (χ0n) is 19.2. The van der Waals surface area contributed by atoms with Crippen molar-refractivity contribution in [1.82, 2.24) is 19.9 Å². The van der Waals surface area contributed by atoms with Crippen molar-refractivity contribution in [2.24, 2.45) is 5.73 Å². The zero-order chi connectivity index (χ0) is 25.2. The molecule has 184 valence electrons. The van der Waals surface area contributed by atoms with Crippen LogP contribution < -0.4 is 25.8 Å². The molecular weight excluding hydrogens is 503 g/mol. The highest BCUT2D eigenvalue weighted by Crippen LogP contribution is 2.35. The van der Waals surface area contributed by atoms with E-state index < -0.39 is 6.04 Å². The summed E-state index contributed by atoms with van der Waals surface area (Å²) in [5.74, 6) is 2.09. The number of nitrogens with one attached hydrogen (secondary N) is 2. The lowest BCUT2D eigenvalue weighted by atomic mass is 10.1. The van der Waals surface area contributed by atoms with Gasteiger partial charge in [0, 0.05) is 52.5 Å². The molecule has 0 radical (unpaired) electrons. The summed E-state index contributed by atoms with van der Waals surface area (Å²) in [5.41, 5.74) is 8.69. The molecule has 4 N–H and O–H groups in total. The number of hydrogen-bond acceptors (Lipinski definition) is 7. The van der Waals surface area contributed by atoms with Crippen LogP contribution in [0.5, 0.6) is 11.5 Å². The molecule has 0 saturated carbocycles. The summed E-state index contributed by atoms with van der Waals surface area (Å²) >= 11 is 12.2. The molecule has 0 aliphatic carbocycles. The van der Waals surface area contributed by atoms with Gasteiger partial charge in [-0.25, -0.2) is 4.98 Å². The molecule has 11 heteroatoms. The number of fused-ring (bicyclic) bond motifs is 1. The van der Waals surface area contributed by atoms with E-state index in [-0.39, 0.29) is 19.2 Å². The first kappa shape index (κ1) is 23.9. The van der Waals surface area contributed by atoms with E-state index in [0.717, 1.165) is 16.8 Å². The number of ether oxygens (including phenoxy) is 2. The van der Waals surface area contributed by atoms with Gasteiger partial charge < -0.3 is 30.4 Å². The van der Waals surface area contributed by atoms with E-state index in [4.69, 9.17) is 38.4 Å². The van der Waals surface area contributed by atoms with E-state index in [9.17, 15) is 4.79 Å². The molecule has 36 heavy (non-hydrogen) atoms. The summed E-state index contributed by atoms with van der Waals surface area (Å²) in [6.45, 7) is 2.28. The molecule has 3 heterocycles. The molecule has 1 unspecified atom stereocenters. The Labute approximate surface area is 217 Å². The third-order valence-electron chi connectivity index (χ3n) is 5.60. The van der Waals surface area contributed by atoms with E-state index in [1.54, 1.807) is 47.4 Å². The first-order valence-corrected chi connectivity index (χ1v) is 11.8. The Hall–Kier alpha value is -3.79. The van der Waals surface area contributed by atoms with Crippen LogP contribution in [0.2, 0.25) is 10.0 Å². The van der Waals surface area contributed by atoms with E-state index in [1.165, 1.54) is 0 Å². The van der Waals surface area contributed by atoms with Gasteiger partial charge in [-0.15, -0.1) is 0 Å². The molecule has 0 saturated heterocycles. The van der Waals surface area contributed by atoms with Crippen LogP contribution in [-0.2, 0) is 0 Å². The Morgan fingerprint density at radius 1 is 1.14 bits per heavy atom. The zero-order valence-corrected chi connectivity index (χ0v) is 20.7. The quantitative estimate of drug-likeness (QED) is 0.318. The lowest BCUT2D eigenvalue weighted by Gasteiger charge is -2.17. The Morgan fingerprint density at radius 3 is 2.69 bits per heavy atom. The Bertz CT molecular complexity index is 1420. The lowest BCUT2D eigenvalue weighted by molar-refractivity contribution is 0.0938. The topological polar surface area (TPSA) is 116 Å². The summed E-state index contributed by atoms with van der Waals surface area (Å²) in [6.07, 6.45) is 5.18. The van der Waals surface area contributed by atoms with Gasteiger partial charge in [0.15, 0.2) is 11.5 Å². The van der Waals surface area contributed by atoms with Crippen LogP contribution in [0.1, 0.15) is 27.5 Å². The Balaban J connectivity index is 1.33. The second kappa shape index (κ2) is 10.1. The number of hydrogen-bond donors (Lipinski definition) is 3. The minimum absolute atomic E-state index is 0.184. The summed E-state index contributed by atoms with van der Waals surface area (Å²) in [5, 5.41) is 7.06. The van der Waals surface area contributed by atoms with E-state index in [2.05, 4.69) is 20.6 Å². The van der Waals surface area contributed by atoms with E-state index in [1.807, 2.05) is 25.1 Å². The number of aryl methyl sites for hydroxylation is 1. The van der Waals surface area contributed by atoms with Crippen molar-refractivity contribution < 1.29 is 14.3 Å². The normalized spacial score (nSPS) is 12.9. The molecule has 0 bridgehead atoms. The predicted molar refractivity (Wildman–Crippen MR) is 138 cm³/mol. The maximum Gasteiger partial charge on any atom is 0.253 e. The largest absolute Gasteiger partial charge is 0.454 e. The summed E-state index contributed by atoms with van der Waals surface area (Å²) in [7, 11) is 0. The van der Waals surface area contributed by atoms with Gasteiger partial charge in [0.05, 0.1) is 11.6 Å². The van der Waals surface area contributed by atoms with Gasteiger partial charge in [-0.3, -0.25) is 4.79 Å². The minimum atomic E-state index is -0.449. The predicted octanol–water partition coefficient (Wildman–Crippen LogP) is 4.78. The number of carbonyl (C=O) groups excluding carboxylic acids is 1. The maximum atomic E-state index is 13.0. The second-order valence-corrected chi connectivity index (χ2v) is 9.04. The smallest absolute Gasteiger partial charge is 0.253 e. The number of carbonyl (C=O) groups is 1. The number of aromatic nitrogens is 3. The molecule has 0 fully saturated rings. The van der Waals surface area contributed by atoms with Crippen molar-refractivity contribution in [3.8, 4) is 17.3 Å². The summed E-state index contributed by atoms with van der Waals surface area (Å²) < 4.78 is 12.5. The van der Waals surface area contributed by atoms with Gasteiger partial charge in [-0.05, 0) is 48.9 Å². The van der Waals surface area contributed by atoms with Gasteiger partial charge in [0.25, 0.3) is 5.91 Å². The lowest BCUT2D eigenvalue weighted by Crippen LogP contribution is -2.33. The van der Waals surface area contributed by atoms with Crippen molar-refractivity contribution in [2.45, 2.75) is 13.0 Å². The third kappa shape index (κ3) is 5.08. The number of anilines is 2. The molecule has 9 nitrogen and oxygen atoms in total. The first-order chi connectivity index (χ1) is 17.4. The van der Waals surface area contributed by atoms with Crippen molar-refractivity contribution in [3.05, 3.63) is 87.8 Å². The highest BCUT2D eigenvalue weighted by Gasteiger charge is 2.18. The van der Waals surface area contributed by atoms with Crippen LogP contribution in [0.15, 0.2) is 61.1 Å². The number of nitrogens with two attached hydrogens (primary N) is 1. The minimum Gasteiger partial charge on any atom is -0.454 e. The summed E-state index contributed by atoms with van der Waals surface area (Å²) in [4.78, 5) is 22.0. The summed E-state index contributed by atoms with van der Waals surface area (Å²) in [6, 6.07) is 11.9. The fourth-order valence-electron chi connectivity index (χ4n) is 3.82. The molecule has 1 amide bonds. The molecule has 5 rings (SSSR count). The van der Waals surface area contributed by atoms with Gasteiger partial charge in [-0.1, -0.05) is 23.2 Å². The van der Waals surface area contributed by atoms with Crippen molar-refractivity contribution in [1.29, 1.82) is 0 Å². The highest BCUT2D eigenvalue weighted by molar-refractivity contribution is 6.34. The SMILES string of the molecule is Cc1cnc(Nc2ccc3c(c2)OCO3)nc1-n1ccc(C(=O)NC(CN)c2cc(Cl)cc(Cl)c2)c1. The third-order valence-corrected chi connectivity index (χ3v) is 6.04. The molecule has 0 spiro atoms. The van der Waals surface area contributed by atoms with Crippen LogP contribution >= 0.6 is 23.2 Å². The second-order valence-electron chi connectivity index (χ2n) is 8.17. The fraction of sp³-hybridized carbons (Fsp3) is 0.160. The van der Waals surface area contributed by atoms with Gasteiger partial charge in [-0.2, -0.15) is 4.98 Å². The maximum absolute atomic E-state index is 13.0. The first-order valence-electron chi connectivity index (χ1n) is 11.1. The molecule has 2 aromatic heterocycles. The van der Waals surface area contributed by atoms with E-state index in [0.29, 0.717) is 38.9 Å². The number of nitrogens with zero attached hydrogens (tertiary/aromatic N) is 3. The molecule has 4 aromatic rings. The number of halogens is 2. The average molecular weight is 525 g/mol. The highest BCUT2D eigenvalue weighted by atomic mass is 35.5. The van der Waals surface area contributed by atoms with Crippen LogP contribution in [0.25, 0.3) is 5.82 Å². The Morgan fingerprint density at radius 2 is 1.92 bits per heavy atom. The van der Waals surface area contributed by atoms with Crippen LogP contribution in [0.4, 0.5) is 11.6 Å². The van der Waals surface area contributed by atoms with Gasteiger partial charge in [0.1, 0.15) is 5.82 Å². The van der Waals surface area contributed by atoms with Crippen molar-refractivity contribution >= 4 is 40.7 Å². The number of amides is 1. The fourth-order valence-corrected chi connectivity index (χ4v) is 4.36. The molecule has 1 aliphatic heterocycles. The number of rotatable bonds is 7. The van der Waals surface area contributed by atoms with Crippen LogP contribution in [-0.4, -0.2) is 33.8 Å². The van der Waals surface area contributed by atoms with Gasteiger partial charge in [0.2, 0.25) is 12.7 Å². The van der Waals surface area contributed by atoms with Gasteiger partial charge >= 0.3 is 0 Å². The standard InChI is InChI=1S/C25H22Cl2N6O3/c1-14-11-29-25(30-19-2-3-21-22(9-19)36-13-35-21)32-23(14)33-5-4-15(12-33)24(34)31-20(10-28)16-6-17(26)8-18(27)7-16/h2-9,11-12,20H,10,13,28H2,1H3,(H,31,34)(H,29,30,32). The molecular formula is C25H22Cl2N6O3. The average Bonchev–Trinajstić information content (AvgIpc) is 3.52. The monoisotopic (exact) mass is 524 g/mol. The van der Waals surface area contributed by atoms with Crippen LogP contribution in [0.3, 0.4) is 0 Å². The van der Waals surface area contributed by atoms with Crippen molar-refractivity contribution in [2.75, 3.05) is 18.7 Å². The van der Waals surface area contributed by atoms with Crippen molar-refractivity contribution in [3.63, 3.8) is 0 Å². The molecule has 1 aliphatic rings. The molecule has 2 aromatic carbocycles. The molecule has 1 atom stereocenters. The Kier molecular flexibility index (Phi) is 6.69. The van der Waals surface area contributed by atoms with Crippen LogP contribution in [0, 0.1) is 6.92 Å². The van der Waals surface area contributed by atoms with E-state index >= 15 is 0 Å².